The van der Waals surface area contributed by atoms with E-state index >= 15 is 0 Å². The molecule has 10 rings (SSSR count). The molecule has 0 amide bonds. The van der Waals surface area contributed by atoms with E-state index in [1.54, 1.807) is 0 Å². The Kier molecular flexibility index (Phi) is 7.14. The minimum Gasteiger partial charge on any atom is -0.455 e. The molecule has 2 heterocycles. The lowest BCUT2D eigenvalue weighted by Gasteiger charge is -2.25. The summed E-state index contributed by atoms with van der Waals surface area (Å²) in [6.07, 6.45) is -0.291. The predicted molar refractivity (Wildman–Crippen MR) is 215 cm³/mol. The number of benzene rings is 8. The molecular weight excluding hydrogens is 637 g/mol. The number of para-hydroxylation sites is 1. The lowest BCUT2D eigenvalue weighted by Crippen LogP contribution is -2.33. The number of hydrogen-bond acceptors (Lipinski definition) is 5. The summed E-state index contributed by atoms with van der Waals surface area (Å²) in [7, 11) is 0. The van der Waals surface area contributed by atoms with Crippen molar-refractivity contribution in [1.82, 2.24) is 5.32 Å². The lowest BCUT2D eigenvalue weighted by atomic mass is 9.98. The van der Waals surface area contributed by atoms with Gasteiger partial charge >= 0.3 is 0 Å². The highest BCUT2D eigenvalue weighted by Gasteiger charge is 2.24. The molecule has 5 nitrogen and oxygen atoms in total. The van der Waals surface area contributed by atoms with Gasteiger partial charge < -0.3 is 14.6 Å². The molecule has 0 fully saturated rings. The quantitative estimate of drug-likeness (QED) is 0.192. The van der Waals surface area contributed by atoms with E-state index < -0.39 is 0 Å². The number of fused-ring (bicyclic) bond motifs is 6. The van der Waals surface area contributed by atoms with Crippen LogP contribution in [0.3, 0.4) is 0 Å². The van der Waals surface area contributed by atoms with E-state index in [1.165, 1.54) is 10.8 Å². The summed E-state index contributed by atoms with van der Waals surface area (Å²) in [5, 5.41) is 10.3. The highest BCUT2D eigenvalue weighted by Crippen LogP contribution is 2.41. The van der Waals surface area contributed by atoms with E-state index in [0.29, 0.717) is 5.84 Å². The summed E-state index contributed by atoms with van der Waals surface area (Å²) in [4.78, 5) is 12.5. The second-order valence-corrected chi connectivity index (χ2v) is 13.1. The van der Waals surface area contributed by atoms with Crippen molar-refractivity contribution in [3.8, 4) is 0 Å². The van der Waals surface area contributed by atoms with Crippen molar-refractivity contribution in [3.05, 3.63) is 199 Å². The first-order valence-electron chi connectivity index (χ1n) is 17.5. The second-order valence-electron chi connectivity index (χ2n) is 13.1. The SMILES string of the molecule is c1ccc(C2=NC(c3ccccc3)NC(c3cc4c5ccc(N(c6ccccc6)c6ccc7ccccc7c6)cc5oc4c4ccccc34)=N2)cc1. The minimum atomic E-state index is -0.291. The Morgan fingerprint density at radius 3 is 1.96 bits per heavy atom. The summed E-state index contributed by atoms with van der Waals surface area (Å²) in [6, 6.07) is 63.3. The van der Waals surface area contributed by atoms with Crippen LogP contribution in [0.2, 0.25) is 0 Å². The van der Waals surface area contributed by atoms with Crippen molar-refractivity contribution in [1.29, 1.82) is 0 Å². The first-order chi connectivity index (χ1) is 25.8. The van der Waals surface area contributed by atoms with Crippen LogP contribution in [-0.4, -0.2) is 11.7 Å². The Morgan fingerprint density at radius 1 is 0.500 bits per heavy atom. The van der Waals surface area contributed by atoms with Crippen LogP contribution in [0.15, 0.2) is 196 Å². The molecule has 1 unspecified atom stereocenters. The van der Waals surface area contributed by atoms with Crippen LogP contribution in [0.1, 0.15) is 22.9 Å². The van der Waals surface area contributed by atoms with Gasteiger partial charge in [-0.05, 0) is 64.2 Å². The van der Waals surface area contributed by atoms with Crippen LogP contribution in [0.25, 0.3) is 43.5 Å². The van der Waals surface area contributed by atoms with E-state index in [2.05, 4.69) is 156 Å². The van der Waals surface area contributed by atoms with Gasteiger partial charge in [0.15, 0.2) is 5.84 Å². The van der Waals surface area contributed by atoms with Gasteiger partial charge in [0.1, 0.15) is 23.2 Å². The molecule has 8 aromatic carbocycles. The molecule has 1 N–H and O–H groups in total. The molecule has 52 heavy (non-hydrogen) atoms. The molecule has 9 aromatic rings. The topological polar surface area (TPSA) is 53.1 Å². The van der Waals surface area contributed by atoms with Crippen LogP contribution >= 0.6 is 0 Å². The van der Waals surface area contributed by atoms with E-state index in [1.807, 2.05) is 36.4 Å². The van der Waals surface area contributed by atoms with Crippen molar-refractivity contribution in [2.45, 2.75) is 6.17 Å². The van der Waals surface area contributed by atoms with Gasteiger partial charge in [0.2, 0.25) is 0 Å². The predicted octanol–water partition coefficient (Wildman–Crippen LogP) is 11.9. The molecule has 1 aromatic heterocycles. The zero-order valence-corrected chi connectivity index (χ0v) is 28.1. The van der Waals surface area contributed by atoms with Crippen molar-refractivity contribution < 1.29 is 4.42 Å². The minimum absolute atomic E-state index is 0.291. The fraction of sp³-hybridized carbons (Fsp3) is 0.0213. The Morgan fingerprint density at radius 2 is 1.15 bits per heavy atom. The summed E-state index contributed by atoms with van der Waals surface area (Å²) < 4.78 is 6.81. The van der Waals surface area contributed by atoms with Gasteiger partial charge in [0.25, 0.3) is 0 Å². The van der Waals surface area contributed by atoms with Gasteiger partial charge in [-0.25, -0.2) is 9.98 Å². The fourth-order valence-electron chi connectivity index (χ4n) is 7.37. The largest absolute Gasteiger partial charge is 0.455 e. The Bertz CT molecular complexity index is 2820. The van der Waals surface area contributed by atoms with Crippen LogP contribution in [0.4, 0.5) is 17.1 Å². The molecule has 0 saturated carbocycles. The molecular formula is C47H32N4O. The molecule has 1 aliphatic rings. The maximum absolute atomic E-state index is 6.81. The van der Waals surface area contributed by atoms with Crippen LogP contribution in [-0.2, 0) is 0 Å². The van der Waals surface area contributed by atoms with E-state index in [-0.39, 0.29) is 6.17 Å². The zero-order valence-electron chi connectivity index (χ0n) is 28.1. The monoisotopic (exact) mass is 668 g/mol. The van der Waals surface area contributed by atoms with E-state index in [0.717, 1.165) is 72.3 Å². The van der Waals surface area contributed by atoms with Crippen molar-refractivity contribution in [2.24, 2.45) is 9.98 Å². The van der Waals surface area contributed by atoms with Crippen LogP contribution in [0.5, 0.6) is 0 Å². The number of nitrogens with one attached hydrogen (secondary N) is 1. The Hall–Kier alpha value is -6.98. The van der Waals surface area contributed by atoms with Gasteiger partial charge in [-0.2, -0.15) is 0 Å². The second kappa shape index (κ2) is 12.4. The fourth-order valence-corrected chi connectivity index (χ4v) is 7.37. The van der Waals surface area contributed by atoms with Gasteiger partial charge in [-0.15, -0.1) is 0 Å². The number of hydrogen-bond donors (Lipinski definition) is 1. The molecule has 0 spiro atoms. The normalized spacial score (nSPS) is 14.3. The van der Waals surface area contributed by atoms with Gasteiger partial charge in [0, 0.05) is 50.4 Å². The third kappa shape index (κ3) is 5.19. The lowest BCUT2D eigenvalue weighted by molar-refractivity contribution is 0.672. The van der Waals surface area contributed by atoms with Gasteiger partial charge in [-0.1, -0.05) is 133 Å². The molecule has 5 heteroatoms. The number of nitrogens with zero attached hydrogens (tertiary/aromatic N) is 3. The number of anilines is 3. The smallest absolute Gasteiger partial charge is 0.159 e. The highest BCUT2D eigenvalue weighted by molar-refractivity contribution is 6.24. The first kappa shape index (κ1) is 29.9. The average Bonchev–Trinajstić information content (AvgIpc) is 3.59. The first-order valence-corrected chi connectivity index (χ1v) is 17.5. The molecule has 1 aliphatic heterocycles. The molecule has 246 valence electrons. The van der Waals surface area contributed by atoms with E-state index in [9.17, 15) is 0 Å². The summed E-state index contributed by atoms with van der Waals surface area (Å²) in [6.45, 7) is 0. The number of aliphatic imine (C=N–C) groups is 2. The average molecular weight is 669 g/mol. The van der Waals surface area contributed by atoms with Crippen LogP contribution < -0.4 is 10.2 Å². The van der Waals surface area contributed by atoms with Gasteiger partial charge in [-0.3, -0.25) is 0 Å². The highest BCUT2D eigenvalue weighted by atomic mass is 16.3. The summed E-state index contributed by atoms with van der Waals surface area (Å²) in [5.74, 6) is 1.47. The summed E-state index contributed by atoms with van der Waals surface area (Å²) >= 11 is 0. The Labute approximate surface area is 300 Å². The van der Waals surface area contributed by atoms with Crippen molar-refractivity contribution >= 4 is 72.2 Å². The number of amidine groups is 2. The van der Waals surface area contributed by atoms with Crippen molar-refractivity contribution in [3.63, 3.8) is 0 Å². The zero-order chi connectivity index (χ0) is 34.4. The van der Waals surface area contributed by atoms with Crippen molar-refractivity contribution in [2.75, 3.05) is 4.90 Å². The third-order valence-corrected chi connectivity index (χ3v) is 9.87. The maximum Gasteiger partial charge on any atom is 0.159 e. The van der Waals surface area contributed by atoms with Crippen LogP contribution in [0, 0.1) is 0 Å². The Balaban J connectivity index is 1.14. The number of rotatable bonds is 6. The van der Waals surface area contributed by atoms with E-state index in [4.69, 9.17) is 14.4 Å². The third-order valence-electron chi connectivity index (χ3n) is 9.87. The molecule has 0 saturated heterocycles. The summed E-state index contributed by atoms with van der Waals surface area (Å²) in [5.41, 5.74) is 7.91. The maximum atomic E-state index is 6.81. The molecule has 1 atom stereocenters. The molecule has 0 aliphatic carbocycles. The standard InChI is InChI=1S/C47H32N4O/c1-4-15-32(16-5-1)45-48-46(33-17-6-2-7-18-33)50-47(49-45)42-30-41-39-27-26-37(29-43(39)52-44(41)40-23-13-12-22-38(40)42)51(35-20-8-3-9-21-35)36-25-24-31-14-10-11-19-34(31)28-36/h1-30,45H,(H,48,49,50). The van der Waals surface area contributed by atoms with Gasteiger partial charge in [0.05, 0.1) is 0 Å². The number of furan rings is 1. The molecule has 0 bridgehead atoms. The molecule has 0 radical (unpaired) electrons.